The standard InChI is InChI=1S/C55H32N4O2/c1-2-14-33(15-3-1)34-18-12-19-37(28-34)53-56-54(58-55(57-53)42-23-13-27-49-51(42)40-21-7-10-25-47(40)60-49)38-31-46(52-41-22-8-11-26-48(41)61-50(52)32-38)59-44-24-9-6-20-39(44)43-29-35-16-4-5-17-36(35)30-45(43)59/h1-32H. The van der Waals surface area contributed by atoms with Crippen molar-refractivity contribution in [1.82, 2.24) is 19.5 Å². The molecule has 0 saturated carbocycles. The first-order valence-electron chi connectivity index (χ1n) is 20.4. The first kappa shape index (κ1) is 33.6. The third-order valence-corrected chi connectivity index (χ3v) is 12.0. The number of benzene rings is 9. The molecular formula is C55H32N4O2. The van der Waals surface area contributed by atoms with Gasteiger partial charge in [-0.2, -0.15) is 0 Å². The Balaban J connectivity index is 1.12. The molecule has 6 heteroatoms. The van der Waals surface area contributed by atoms with Gasteiger partial charge in [0.25, 0.3) is 0 Å². The second-order valence-electron chi connectivity index (χ2n) is 15.6. The topological polar surface area (TPSA) is 69.9 Å². The van der Waals surface area contributed by atoms with Crippen molar-refractivity contribution < 1.29 is 8.83 Å². The van der Waals surface area contributed by atoms with Crippen LogP contribution in [-0.2, 0) is 0 Å². The fraction of sp³-hybridized carbons (Fsp3) is 0. The van der Waals surface area contributed by atoms with Crippen LogP contribution in [0.15, 0.2) is 203 Å². The van der Waals surface area contributed by atoms with Crippen LogP contribution in [0.25, 0.3) is 127 Å². The molecule has 13 aromatic rings. The van der Waals surface area contributed by atoms with Gasteiger partial charge in [-0.1, -0.05) is 140 Å². The van der Waals surface area contributed by atoms with Crippen LogP contribution in [-0.4, -0.2) is 19.5 Å². The number of aromatic nitrogens is 4. The van der Waals surface area contributed by atoms with Crippen molar-refractivity contribution in [3.8, 4) is 51.0 Å². The number of fused-ring (bicyclic) bond motifs is 10. The fourth-order valence-electron chi connectivity index (χ4n) is 9.24. The maximum absolute atomic E-state index is 6.74. The molecule has 4 heterocycles. The average molecular weight is 781 g/mol. The molecule has 0 radical (unpaired) electrons. The van der Waals surface area contributed by atoms with Crippen molar-refractivity contribution in [2.75, 3.05) is 0 Å². The number of nitrogens with zero attached hydrogens (tertiary/aromatic N) is 4. The summed E-state index contributed by atoms with van der Waals surface area (Å²) in [5.41, 5.74) is 11.1. The molecule has 0 fully saturated rings. The molecule has 0 aliphatic carbocycles. The van der Waals surface area contributed by atoms with Crippen molar-refractivity contribution in [3.63, 3.8) is 0 Å². The number of furan rings is 2. The third-order valence-electron chi connectivity index (χ3n) is 12.0. The van der Waals surface area contributed by atoms with E-state index in [4.69, 9.17) is 23.8 Å². The molecule has 13 rings (SSSR count). The van der Waals surface area contributed by atoms with Gasteiger partial charge in [-0.3, -0.25) is 0 Å². The molecule has 0 bridgehead atoms. The van der Waals surface area contributed by atoms with Gasteiger partial charge in [0, 0.05) is 43.6 Å². The molecule has 0 spiro atoms. The summed E-state index contributed by atoms with van der Waals surface area (Å²) in [6.07, 6.45) is 0. The van der Waals surface area contributed by atoms with Gasteiger partial charge in [-0.05, 0) is 76.5 Å². The molecule has 0 aliphatic rings. The Kier molecular flexibility index (Phi) is 7.21. The van der Waals surface area contributed by atoms with Gasteiger partial charge in [-0.25, -0.2) is 15.0 Å². The predicted molar refractivity (Wildman–Crippen MR) is 248 cm³/mol. The molecule has 0 unspecified atom stereocenters. The lowest BCUT2D eigenvalue weighted by Crippen LogP contribution is -2.02. The lowest BCUT2D eigenvalue weighted by atomic mass is 10.0. The van der Waals surface area contributed by atoms with Crippen molar-refractivity contribution in [2.24, 2.45) is 0 Å². The Labute approximate surface area is 348 Å². The average Bonchev–Trinajstić information content (AvgIpc) is 4.00. The zero-order chi connectivity index (χ0) is 40.0. The van der Waals surface area contributed by atoms with Gasteiger partial charge in [-0.15, -0.1) is 0 Å². The Hall–Kier alpha value is -8.35. The van der Waals surface area contributed by atoms with E-state index in [9.17, 15) is 0 Å². The molecular weight excluding hydrogens is 749 g/mol. The molecule has 0 N–H and O–H groups in total. The summed E-state index contributed by atoms with van der Waals surface area (Å²) in [7, 11) is 0. The monoisotopic (exact) mass is 780 g/mol. The highest BCUT2D eigenvalue weighted by Gasteiger charge is 2.23. The van der Waals surface area contributed by atoms with E-state index >= 15 is 0 Å². The quantitative estimate of drug-likeness (QED) is 0.174. The maximum Gasteiger partial charge on any atom is 0.164 e. The van der Waals surface area contributed by atoms with E-state index in [0.29, 0.717) is 17.5 Å². The summed E-state index contributed by atoms with van der Waals surface area (Å²) in [4.78, 5) is 15.9. The summed E-state index contributed by atoms with van der Waals surface area (Å²) >= 11 is 0. The van der Waals surface area contributed by atoms with Crippen LogP contribution >= 0.6 is 0 Å². The molecule has 4 aromatic heterocycles. The largest absolute Gasteiger partial charge is 0.456 e. The van der Waals surface area contributed by atoms with E-state index in [1.165, 1.54) is 21.5 Å². The van der Waals surface area contributed by atoms with Crippen molar-refractivity contribution in [1.29, 1.82) is 0 Å². The van der Waals surface area contributed by atoms with E-state index < -0.39 is 0 Å². The van der Waals surface area contributed by atoms with Gasteiger partial charge in [0.15, 0.2) is 17.5 Å². The molecule has 61 heavy (non-hydrogen) atoms. The van der Waals surface area contributed by atoms with Crippen LogP contribution in [0.1, 0.15) is 0 Å². The molecule has 9 aromatic carbocycles. The van der Waals surface area contributed by atoms with E-state index in [1.807, 2.05) is 48.5 Å². The summed E-state index contributed by atoms with van der Waals surface area (Å²) in [5, 5.41) is 8.77. The smallest absolute Gasteiger partial charge is 0.164 e. The SMILES string of the molecule is c1ccc(-c2cccc(-c3nc(-c4cc(-n5c6ccccc6c6cc7ccccc7cc65)c5c(c4)oc4ccccc45)nc(-c4cccc5oc6ccccc6c45)n3)c2)cc1. The summed E-state index contributed by atoms with van der Waals surface area (Å²) in [6, 6.07) is 67.4. The molecule has 284 valence electrons. The van der Waals surface area contributed by atoms with Crippen LogP contribution in [0.3, 0.4) is 0 Å². The van der Waals surface area contributed by atoms with Gasteiger partial charge < -0.3 is 13.4 Å². The second-order valence-corrected chi connectivity index (χ2v) is 15.6. The molecule has 6 nitrogen and oxygen atoms in total. The van der Waals surface area contributed by atoms with Gasteiger partial charge in [0.2, 0.25) is 0 Å². The highest BCUT2D eigenvalue weighted by atomic mass is 16.3. The number of hydrogen-bond acceptors (Lipinski definition) is 5. The first-order chi connectivity index (χ1) is 30.2. The molecule has 0 amide bonds. The van der Waals surface area contributed by atoms with E-state index in [0.717, 1.165) is 88.4 Å². The lowest BCUT2D eigenvalue weighted by molar-refractivity contribution is 0.668. The zero-order valence-electron chi connectivity index (χ0n) is 32.6. The summed E-state index contributed by atoms with van der Waals surface area (Å²) in [6.45, 7) is 0. The maximum atomic E-state index is 6.74. The number of rotatable bonds is 5. The fourth-order valence-corrected chi connectivity index (χ4v) is 9.24. The van der Waals surface area contributed by atoms with Crippen LogP contribution in [0.4, 0.5) is 0 Å². The zero-order valence-corrected chi connectivity index (χ0v) is 32.6. The normalized spacial score (nSPS) is 11.9. The predicted octanol–water partition coefficient (Wildman–Crippen LogP) is 14.6. The van der Waals surface area contributed by atoms with Gasteiger partial charge in [0.1, 0.15) is 22.3 Å². The van der Waals surface area contributed by atoms with Crippen molar-refractivity contribution in [3.05, 3.63) is 194 Å². The summed E-state index contributed by atoms with van der Waals surface area (Å²) < 4.78 is 15.5. The Morgan fingerprint density at radius 2 is 0.918 bits per heavy atom. The van der Waals surface area contributed by atoms with E-state index in [-0.39, 0.29) is 0 Å². The van der Waals surface area contributed by atoms with Gasteiger partial charge >= 0.3 is 0 Å². The van der Waals surface area contributed by atoms with Crippen LogP contribution in [0.2, 0.25) is 0 Å². The molecule has 0 atom stereocenters. The number of hydrogen-bond donors (Lipinski definition) is 0. The molecule has 0 aliphatic heterocycles. The van der Waals surface area contributed by atoms with Crippen LogP contribution in [0.5, 0.6) is 0 Å². The first-order valence-corrected chi connectivity index (χ1v) is 20.4. The van der Waals surface area contributed by atoms with E-state index in [2.05, 4.69) is 150 Å². The number of para-hydroxylation sites is 3. The Morgan fingerprint density at radius 3 is 1.74 bits per heavy atom. The van der Waals surface area contributed by atoms with Crippen LogP contribution in [0, 0.1) is 0 Å². The highest BCUT2D eigenvalue weighted by Crippen LogP contribution is 2.43. The lowest BCUT2D eigenvalue weighted by Gasteiger charge is -2.14. The van der Waals surface area contributed by atoms with Crippen molar-refractivity contribution >= 4 is 76.5 Å². The van der Waals surface area contributed by atoms with Crippen molar-refractivity contribution in [2.45, 2.75) is 0 Å². The second kappa shape index (κ2) is 13.1. The minimum absolute atomic E-state index is 0.532. The summed E-state index contributed by atoms with van der Waals surface area (Å²) in [5.74, 6) is 1.65. The molecule has 0 saturated heterocycles. The third kappa shape index (κ3) is 5.26. The Bertz CT molecular complexity index is 3900. The van der Waals surface area contributed by atoms with Crippen LogP contribution < -0.4 is 0 Å². The highest BCUT2D eigenvalue weighted by molar-refractivity contribution is 6.17. The van der Waals surface area contributed by atoms with E-state index in [1.54, 1.807) is 0 Å². The Morgan fingerprint density at radius 1 is 0.328 bits per heavy atom. The minimum atomic E-state index is 0.532. The van der Waals surface area contributed by atoms with Gasteiger partial charge in [0.05, 0.1) is 22.1 Å². The minimum Gasteiger partial charge on any atom is -0.456 e.